The van der Waals surface area contributed by atoms with Crippen LogP contribution >= 0.6 is 0 Å². The lowest BCUT2D eigenvalue weighted by Crippen LogP contribution is -2.13. The molecular weight excluding hydrogens is 414 g/mol. The molecule has 0 aliphatic carbocycles. The number of primary sulfonamides is 1. The largest absolute Gasteiger partial charge is 0.378 e. The van der Waals surface area contributed by atoms with Crippen LogP contribution in [0.3, 0.4) is 0 Å². The molecule has 0 fully saturated rings. The van der Waals surface area contributed by atoms with Crippen LogP contribution in [-0.2, 0) is 10.0 Å². The SMILES string of the molecule is CN(C)c1cccc(-c2ccc3c(C(N)=O)nn(-c4ccc(S(N)(=O)=O)cc4)c3c2)c1. The molecule has 4 N–H and O–H groups in total. The third-order valence-corrected chi connectivity index (χ3v) is 5.95. The summed E-state index contributed by atoms with van der Waals surface area (Å²) in [6, 6.07) is 19.7. The highest BCUT2D eigenvalue weighted by molar-refractivity contribution is 7.89. The summed E-state index contributed by atoms with van der Waals surface area (Å²) in [5, 5.41) is 10.2. The molecule has 0 spiro atoms. The summed E-state index contributed by atoms with van der Waals surface area (Å²) >= 11 is 0. The zero-order valence-electron chi connectivity index (χ0n) is 17.0. The predicted octanol–water partition coefficient (Wildman–Crippen LogP) is 2.50. The second-order valence-electron chi connectivity index (χ2n) is 7.34. The molecule has 1 amide bonds. The van der Waals surface area contributed by atoms with E-state index in [-0.39, 0.29) is 10.6 Å². The maximum absolute atomic E-state index is 12.0. The van der Waals surface area contributed by atoms with Crippen LogP contribution < -0.4 is 15.8 Å². The molecule has 1 heterocycles. The Balaban J connectivity index is 1.90. The first-order chi connectivity index (χ1) is 14.6. The standard InChI is InChI=1S/C22H21N5O3S/c1-26(2)17-5-3-4-14(12-17)15-6-11-19-20(13-15)27(25-21(19)22(23)28)16-7-9-18(10-8-16)31(24,29)30/h3-13H,1-2H3,(H2,23,28)(H2,24,29,30). The summed E-state index contributed by atoms with van der Waals surface area (Å²) in [6.07, 6.45) is 0. The van der Waals surface area contributed by atoms with Crippen molar-refractivity contribution in [2.45, 2.75) is 4.90 Å². The maximum atomic E-state index is 12.0. The summed E-state index contributed by atoms with van der Waals surface area (Å²) in [5.74, 6) is -0.646. The predicted molar refractivity (Wildman–Crippen MR) is 121 cm³/mol. The average molecular weight is 436 g/mol. The molecule has 1 aromatic heterocycles. The second-order valence-corrected chi connectivity index (χ2v) is 8.90. The van der Waals surface area contributed by atoms with Gasteiger partial charge in [0.2, 0.25) is 10.0 Å². The highest BCUT2D eigenvalue weighted by Crippen LogP contribution is 2.30. The van der Waals surface area contributed by atoms with Crippen LogP contribution in [0, 0.1) is 0 Å². The van der Waals surface area contributed by atoms with Crippen molar-refractivity contribution in [2.24, 2.45) is 10.9 Å². The Hall–Kier alpha value is -3.69. The first-order valence-electron chi connectivity index (χ1n) is 9.39. The van der Waals surface area contributed by atoms with Crippen LogP contribution in [0.15, 0.2) is 71.6 Å². The molecule has 0 unspecified atom stereocenters. The monoisotopic (exact) mass is 435 g/mol. The van der Waals surface area contributed by atoms with E-state index in [1.54, 1.807) is 16.8 Å². The molecule has 0 saturated carbocycles. The Bertz CT molecular complexity index is 1410. The highest BCUT2D eigenvalue weighted by atomic mass is 32.2. The maximum Gasteiger partial charge on any atom is 0.269 e. The number of hydrogen-bond acceptors (Lipinski definition) is 5. The van der Waals surface area contributed by atoms with E-state index in [2.05, 4.69) is 11.2 Å². The van der Waals surface area contributed by atoms with Gasteiger partial charge in [-0.1, -0.05) is 18.2 Å². The fourth-order valence-electron chi connectivity index (χ4n) is 3.41. The number of amides is 1. The molecule has 0 atom stereocenters. The third-order valence-electron chi connectivity index (χ3n) is 5.02. The molecule has 4 aromatic rings. The van der Waals surface area contributed by atoms with E-state index in [0.29, 0.717) is 16.6 Å². The average Bonchev–Trinajstić information content (AvgIpc) is 3.12. The first kappa shape index (κ1) is 20.6. The van der Waals surface area contributed by atoms with E-state index in [1.807, 2.05) is 55.4 Å². The van der Waals surface area contributed by atoms with Crippen LogP contribution in [0.4, 0.5) is 5.69 Å². The van der Waals surface area contributed by atoms with Gasteiger partial charge in [0.1, 0.15) is 0 Å². The molecule has 4 rings (SSSR count). The van der Waals surface area contributed by atoms with Gasteiger partial charge in [-0.25, -0.2) is 18.2 Å². The highest BCUT2D eigenvalue weighted by Gasteiger charge is 2.17. The smallest absolute Gasteiger partial charge is 0.269 e. The zero-order chi connectivity index (χ0) is 22.3. The summed E-state index contributed by atoms with van der Waals surface area (Å²) in [6.45, 7) is 0. The lowest BCUT2D eigenvalue weighted by molar-refractivity contribution is 0.0996. The van der Waals surface area contributed by atoms with Crippen LogP contribution in [0.25, 0.3) is 27.7 Å². The Morgan fingerprint density at radius 3 is 2.26 bits per heavy atom. The molecule has 0 aliphatic rings. The summed E-state index contributed by atoms with van der Waals surface area (Å²) in [5.41, 5.74) is 9.92. The van der Waals surface area contributed by atoms with Crippen LogP contribution in [0.1, 0.15) is 10.5 Å². The van der Waals surface area contributed by atoms with Gasteiger partial charge in [0, 0.05) is 25.2 Å². The molecule has 0 radical (unpaired) electrons. The van der Waals surface area contributed by atoms with Gasteiger partial charge < -0.3 is 10.6 Å². The van der Waals surface area contributed by atoms with E-state index in [9.17, 15) is 13.2 Å². The van der Waals surface area contributed by atoms with Gasteiger partial charge in [0.15, 0.2) is 5.69 Å². The van der Waals surface area contributed by atoms with Gasteiger partial charge in [0.05, 0.1) is 16.1 Å². The number of nitrogens with zero attached hydrogens (tertiary/aromatic N) is 3. The van der Waals surface area contributed by atoms with Crippen molar-refractivity contribution in [1.29, 1.82) is 0 Å². The Labute approximate surface area is 179 Å². The molecule has 158 valence electrons. The Morgan fingerprint density at radius 1 is 0.968 bits per heavy atom. The van der Waals surface area contributed by atoms with E-state index in [1.165, 1.54) is 12.1 Å². The van der Waals surface area contributed by atoms with E-state index in [4.69, 9.17) is 10.9 Å². The molecule has 0 saturated heterocycles. The molecular formula is C22H21N5O3S. The minimum atomic E-state index is -3.81. The molecule has 0 aliphatic heterocycles. The Morgan fingerprint density at radius 2 is 1.65 bits per heavy atom. The molecule has 3 aromatic carbocycles. The number of aromatic nitrogens is 2. The van der Waals surface area contributed by atoms with Crippen LogP contribution in [0.5, 0.6) is 0 Å². The van der Waals surface area contributed by atoms with Crippen molar-refractivity contribution >= 4 is 32.5 Å². The number of hydrogen-bond donors (Lipinski definition) is 2. The van der Waals surface area contributed by atoms with Crippen molar-refractivity contribution in [1.82, 2.24) is 9.78 Å². The van der Waals surface area contributed by atoms with Crippen molar-refractivity contribution < 1.29 is 13.2 Å². The normalized spacial score (nSPS) is 11.6. The molecule has 0 bridgehead atoms. The van der Waals surface area contributed by atoms with E-state index in [0.717, 1.165) is 16.8 Å². The van der Waals surface area contributed by atoms with Gasteiger partial charge in [-0.3, -0.25) is 4.79 Å². The Kier molecular flexibility index (Phi) is 5.00. The number of rotatable bonds is 5. The van der Waals surface area contributed by atoms with Gasteiger partial charge >= 0.3 is 0 Å². The summed E-state index contributed by atoms with van der Waals surface area (Å²) in [7, 11) is 0.134. The second kappa shape index (κ2) is 7.53. The topological polar surface area (TPSA) is 124 Å². The van der Waals surface area contributed by atoms with Crippen molar-refractivity contribution in [3.63, 3.8) is 0 Å². The summed E-state index contributed by atoms with van der Waals surface area (Å²) in [4.78, 5) is 14.0. The van der Waals surface area contributed by atoms with Gasteiger partial charge in [-0.05, 0) is 59.7 Å². The number of nitrogens with two attached hydrogens (primary N) is 2. The number of benzene rings is 3. The fourth-order valence-corrected chi connectivity index (χ4v) is 3.93. The molecule has 8 nitrogen and oxygen atoms in total. The van der Waals surface area contributed by atoms with Gasteiger partial charge in [-0.15, -0.1) is 0 Å². The van der Waals surface area contributed by atoms with Crippen molar-refractivity contribution in [3.8, 4) is 16.8 Å². The zero-order valence-corrected chi connectivity index (χ0v) is 17.8. The van der Waals surface area contributed by atoms with E-state index < -0.39 is 15.9 Å². The lowest BCUT2D eigenvalue weighted by Gasteiger charge is -2.14. The minimum absolute atomic E-state index is 0.0102. The minimum Gasteiger partial charge on any atom is -0.378 e. The number of carbonyl (C=O) groups excluding carboxylic acids is 1. The van der Waals surface area contributed by atoms with Crippen LogP contribution in [0.2, 0.25) is 0 Å². The number of carbonyl (C=O) groups is 1. The lowest BCUT2D eigenvalue weighted by atomic mass is 10.0. The quantitative estimate of drug-likeness (QED) is 0.498. The molecule has 9 heteroatoms. The number of sulfonamides is 1. The van der Waals surface area contributed by atoms with E-state index >= 15 is 0 Å². The molecule has 31 heavy (non-hydrogen) atoms. The van der Waals surface area contributed by atoms with Crippen molar-refractivity contribution in [3.05, 3.63) is 72.4 Å². The van der Waals surface area contributed by atoms with Crippen LogP contribution in [-0.4, -0.2) is 38.2 Å². The number of anilines is 1. The fraction of sp³-hybridized carbons (Fsp3) is 0.0909. The first-order valence-corrected chi connectivity index (χ1v) is 10.9. The van der Waals surface area contributed by atoms with Gasteiger partial charge in [-0.2, -0.15) is 5.10 Å². The third kappa shape index (κ3) is 3.88. The summed E-state index contributed by atoms with van der Waals surface area (Å²) < 4.78 is 24.7. The number of primary amides is 1. The number of fused-ring (bicyclic) bond motifs is 1. The van der Waals surface area contributed by atoms with Crippen molar-refractivity contribution in [2.75, 3.05) is 19.0 Å². The van der Waals surface area contributed by atoms with Gasteiger partial charge in [0.25, 0.3) is 5.91 Å².